The minimum absolute atomic E-state index is 0.168. The lowest BCUT2D eigenvalue weighted by Gasteiger charge is -2.20. The zero-order chi connectivity index (χ0) is 21.1. The van der Waals surface area contributed by atoms with Crippen molar-refractivity contribution in [3.05, 3.63) is 58.7 Å². The predicted molar refractivity (Wildman–Crippen MR) is 111 cm³/mol. The Morgan fingerprint density at radius 3 is 2.36 bits per heavy atom. The molecule has 0 unspecified atom stereocenters. The SMILES string of the molecule is Cc1ccc(NS(C)(=O)=O)c(C(=O)N(C)CC(=O)Nc2cccc(C)c2C)c1. The Labute approximate surface area is 165 Å². The van der Waals surface area contributed by atoms with Gasteiger partial charge in [-0.15, -0.1) is 0 Å². The van der Waals surface area contributed by atoms with Crippen LogP contribution in [0.3, 0.4) is 0 Å². The standard InChI is InChI=1S/C20H25N3O4S/c1-13-9-10-18(22-28(5,26)27)16(11-13)20(25)23(4)12-19(24)21-17-8-6-7-14(2)15(17)3/h6-11,22H,12H2,1-5H3,(H,21,24). The Balaban J connectivity index is 2.17. The zero-order valence-corrected chi connectivity index (χ0v) is 17.5. The van der Waals surface area contributed by atoms with E-state index in [1.807, 2.05) is 26.0 Å². The molecule has 0 aliphatic rings. The van der Waals surface area contributed by atoms with Crippen molar-refractivity contribution in [3.8, 4) is 0 Å². The number of amides is 2. The van der Waals surface area contributed by atoms with Crippen LogP contribution >= 0.6 is 0 Å². The average molecular weight is 404 g/mol. The van der Waals surface area contributed by atoms with Crippen LogP contribution in [0.5, 0.6) is 0 Å². The summed E-state index contributed by atoms with van der Waals surface area (Å²) in [5.41, 5.74) is 3.88. The molecule has 0 bridgehead atoms. The molecule has 2 N–H and O–H groups in total. The Bertz CT molecular complexity index is 1020. The van der Waals surface area contributed by atoms with Crippen molar-refractivity contribution < 1.29 is 18.0 Å². The van der Waals surface area contributed by atoms with E-state index in [-0.39, 0.29) is 23.7 Å². The molecule has 2 aromatic rings. The molecular weight excluding hydrogens is 378 g/mol. The van der Waals surface area contributed by atoms with Crippen molar-refractivity contribution in [1.82, 2.24) is 4.90 Å². The van der Waals surface area contributed by atoms with Crippen LogP contribution in [0.4, 0.5) is 11.4 Å². The monoisotopic (exact) mass is 403 g/mol. The van der Waals surface area contributed by atoms with E-state index in [4.69, 9.17) is 0 Å². The Kier molecular flexibility index (Phi) is 6.45. The molecule has 8 heteroatoms. The third-order valence-corrected chi connectivity index (χ3v) is 4.90. The van der Waals surface area contributed by atoms with Crippen molar-refractivity contribution in [2.75, 3.05) is 29.9 Å². The minimum atomic E-state index is -3.54. The van der Waals surface area contributed by atoms with Crippen LogP contribution in [0, 0.1) is 20.8 Å². The molecule has 150 valence electrons. The number of nitrogens with zero attached hydrogens (tertiary/aromatic N) is 1. The highest BCUT2D eigenvalue weighted by Gasteiger charge is 2.20. The molecule has 0 heterocycles. The maximum Gasteiger partial charge on any atom is 0.256 e. The van der Waals surface area contributed by atoms with Crippen LogP contribution in [0.25, 0.3) is 0 Å². The van der Waals surface area contributed by atoms with Crippen molar-refractivity contribution in [2.24, 2.45) is 0 Å². The summed E-state index contributed by atoms with van der Waals surface area (Å²) in [5.74, 6) is -0.791. The van der Waals surface area contributed by atoms with Crippen LogP contribution in [0.1, 0.15) is 27.0 Å². The smallest absolute Gasteiger partial charge is 0.256 e. The molecular formula is C20H25N3O4S. The number of likely N-dealkylation sites (N-methyl/N-ethyl adjacent to an activating group) is 1. The first-order valence-corrected chi connectivity index (χ1v) is 10.6. The fourth-order valence-corrected chi connectivity index (χ4v) is 3.27. The summed E-state index contributed by atoms with van der Waals surface area (Å²) in [4.78, 5) is 26.5. The molecule has 7 nitrogen and oxygen atoms in total. The lowest BCUT2D eigenvalue weighted by atomic mass is 10.1. The summed E-state index contributed by atoms with van der Waals surface area (Å²) >= 11 is 0. The molecule has 0 atom stereocenters. The van der Waals surface area contributed by atoms with Gasteiger partial charge in [0.2, 0.25) is 15.9 Å². The molecule has 28 heavy (non-hydrogen) atoms. The number of anilines is 2. The summed E-state index contributed by atoms with van der Waals surface area (Å²) in [7, 11) is -2.05. The third-order valence-electron chi connectivity index (χ3n) is 4.31. The van der Waals surface area contributed by atoms with Gasteiger partial charge in [-0.05, 0) is 50.1 Å². The van der Waals surface area contributed by atoms with E-state index in [2.05, 4.69) is 10.0 Å². The molecule has 2 aromatic carbocycles. The normalized spacial score (nSPS) is 11.0. The van der Waals surface area contributed by atoms with Crippen molar-refractivity contribution in [3.63, 3.8) is 0 Å². The number of carbonyl (C=O) groups excluding carboxylic acids is 2. The minimum Gasteiger partial charge on any atom is -0.332 e. The number of hydrogen-bond acceptors (Lipinski definition) is 4. The first-order chi connectivity index (χ1) is 13.0. The van der Waals surface area contributed by atoms with Crippen LogP contribution < -0.4 is 10.0 Å². The molecule has 2 amide bonds. The van der Waals surface area contributed by atoms with Crippen molar-refractivity contribution in [2.45, 2.75) is 20.8 Å². The van der Waals surface area contributed by atoms with E-state index in [1.54, 1.807) is 25.1 Å². The van der Waals surface area contributed by atoms with Crippen LogP contribution in [0.15, 0.2) is 36.4 Å². The molecule has 0 spiro atoms. The maximum absolute atomic E-state index is 12.8. The second-order valence-electron chi connectivity index (χ2n) is 6.88. The van der Waals surface area contributed by atoms with E-state index >= 15 is 0 Å². The average Bonchev–Trinajstić information content (AvgIpc) is 2.58. The molecule has 0 aliphatic carbocycles. The van der Waals surface area contributed by atoms with Gasteiger partial charge in [0.1, 0.15) is 0 Å². The number of carbonyl (C=O) groups is 2. The molecule has 2 rings (SSSR count). The van der Waals surface area contributed by atoms with Gasteiger partial charge < -0.3 is 10.2 Å². The first-order valence-electron chi connectivity index (χ1n) is 8.68. The maximum atomic E-state index is 12.8. The number of aryl methyl sites for hydroxylation is 2. The van der Waals surface area contributed by atoms with E-state index in [9.17, 15) is 18.0 Å². The largest absolute Gasteiger partial charge is 0.332 e. The molecule has 0 aliphatic heterocycles. The van der Waals surface area contributed by atoms with Gasteiger partial charge >= 0.3 is 0 Å². The van der Waals surface area contributed by atoms with Gasteiger partial charge in [-0.3, -0.25) is 14.3 Å². The van der Waals surface area contributed by atoms with Gasteiger partial charge in [-0.25, -0.2) is 8.42 Å². The van der Waals surface area contributed by atoms with E-state index < -0.39 is 15.9 Å². The molecule has 0 saturated heterocycles. The summed E-state index contributed by atoms with van der Waals surface area (Å²) in [6, 6.07) is 10.4. The second-order valence-corrected chi connectivity index (χ2v) is 8.63. The summed E-state index contributed by atoms with van der Waals surface area (Å²) in [6.07, 6.45) is 1.02. The molecule has 0 aromatic heterocycles. The van der Waals surface area contributed by atoms with Crippen molar-refractivity contribution >= 4 is 33.2 Å². The number of hydrogen-bond donors (Lipinski definition) is 2. The summed E-state index contributed by atoms with van der Waals surface area (Å²) < 4.78 is 25.5. The highest BCUT2D eigenvalue weighted by molar-refractivity contribution is 7.92. The van der Waals surface area contributed by atoms with Crippen LogP contribution in [-0.2, 0) is 14.8 Å². The van der Waals surface area contributed by atoms with Gasteiger partial charge in [0.15, 0.2) is 0 Å². The highest BCUT2D eigenvalue weighted by atomic mass is 32.2. The fourth-order valence-electron chi connectivity index (χ4n) is 2.69. The van der Waals surface area contributed by atoms with Gasteiger partial charge in [0.05, 0.1) is 24.1 Å². The topological polar surface area (TPSA) is 95.6 Å². The third kappa shape index (κ3) is 5.56. The predicted octanol–water partition coefficient (Wildman–Crippen LogP) is 2.69. The van der Waals surface area contributed by atoms with Crippen molar-refractivity contribution in [1.29, 1.82) is 0 Å². The number of benzene rings is 2. The summed E-state index contributed by atoms with van der Waals surface area (Å²) in [5, 5.41) is 2.81. The van der Waals surface area contributed by atoms with Crippen LogP contribution in [0.2, 0.25) is 0 Å². The first kappa shape index (κ1) is 21.4. The van der Waals surface area contributed by atoms with Crippen LogP contribution in [-0.4, -0.2) is 45.0 Å². The summed E-state index contributed by atoms with van der Waals surface area (Å²) in [6.45, 7) is 5.50. The van der Waals surface area contributed by atoms with E-state index in [0.29, 0.717) is 5.69 Å². The van der Waals surface area contributed by atoms with Gasteiger partial charge in [0, 0.05) is 12.7 Å². The van der Waals surface area contributed by atoms with E-state index in [1.165, 1.54) is 18.0 Å². The fraction of sp³-hybridized carbons (Fsp3) is 0.300. The molecule has 0 radical (unpaired) electrons. The van der Waals surface area contributed by atoms with Gasteiger partial charge in [0.25, 0.3) is 5.91 Å². The Morgan fingerprint density at radius 1 is 1.04 bits per heavy atom. The lowest BCUT2D eigenvalue weighted by molar-refractivity contribution is -0.116. The Morgan fingerprint density at radius 2 is 1.71 bits per heavy atom. The molecule has 0 fully saturated rings. The second kappa shape index (κ2) is 8.43. The lowest BCUT2D eigenvalue weighted by Crippen LogP contribution is -2.35. The van der Waals surface area contributed by atoms with Gasteiger partial charge in [-0.2, -0.15) is 0 Å². The quantitative estimate of drug-likeness (QED) is 0.775. The number of nitrogens with one attached hydrogen (secondary N) is 2. The zero-order valence-electron chi connectivity index (χ0n) is 16.7. The number of rotatable bonds is 6. The molecule has 0 saturated carbocycles. The highest BCUT2D eigenvalue weighted by Crippen LogP contribution is 2.21. The van der Waals surface area contributed by atoms with E-state index in [0.717, 1.165) is 22.9 Å². The Hall–Kier alpha value is -2.87. The van der Waals surface area contributed by atoms with Gasteiger partial charge in [-0.1, -0.05) is 23.8 Å². The number of sulfonamides is 1.